The molecule has 0 fully saturated rings. The van der Waals surface area contributed by atoms with Crippen molar-refractivity contribution in [2.45, 2.75) is 36.9 Å². The number of halogens is 4. The number of sulfonamides is 1. The number of hydrogen-bond donors (Lipinski definition) is 0. The lowest BCUT2D eigenvalue weighted by atomic mass is 10.1. The summed E-state index contributed by atoms with van der Waals surface area (Å²) >= 11 is 0. The van der Waals surface area contributed by atoms with Crippen molar-refractivity contribution in [2.24, 2.45) is 0 Å². The first-order valence-corrected chi connectivity index (χ1v) is 8.99. The van der Waals surface area contributed by atoms with Crippen molar-refractivity contribution in [3.63, 3.8) is 0 Å². The standard InChI is InChI=1S/C17H15F4NO2S/c1-11-5-7-14(8-6-11)25(23,24)22-13(10-17(19,20)21)9-12-3-2-4-15(18)16(12)22/h2-8,13H,9-10H2,1H3. The molecule has 3 rings (SSSR count). The first-order valence-electron chi connectivity index (χ1n) is 7.55. The minimum Gasteiger partial charge on any atom is -0.259 e. The molecule has 0 aliphatic carbocycles. The summed E-state index contributed by atoms with van der Waals surface area (Å²) in [6.07, 6.45) is -6.09. The monoisotopic (exact) mass is 373 g/mol. The van der Waals surface area contributed by atoms with E-state index in [-0.39, 0.29) is 22.6 Å². The second-order valence-electron chi connectivity index (χ2n) is 6.04. The highest BCUT2D eigenvalue weighted by atomic mass is 32.2. The van der Waals surface area contributed by atoms with Gasteiger partial charge in [0.25, 0.3) is 10.0 Å². The smallest absolute Gasteiger partial charge is 0.259 e. The van der Waals surface area contributed by atoms with E-state index in [0.717, 1.165) is 11.6 Å². The van der Waals surface area contributed by atoms with Crippen LogP contribution < -0.4 is 4.31 Å². The van der Waals surface area contributed by atoms with Crippen LogP contribution in [0.2, 0.25) is 0 Å². The molecule has 0 bridgehead atoms. The Kier molecular flexibility index (Phi) is 4.26. The van der Waals surface area contributed by atoms with Gasteiger partial charge in [-0.1, -0.05) is 29.8 Å². The molecular formula is C17H15F4NO2S. The molecule has 1 unspecified atom stereocenters. The number of alkyl halides is 3. The zero-order valence-corrected chi connectivity index (χ0v) is 14.0. The number of fused-ring (bicyclic) bond motifs is 1. The molecule has 0 saturated carbocycles. The molecule has 1 heterocycles. The van der Waals surface area contributed by atoms with Gasteiger partial charge in [0, 0.05) is 0 Å². The van der Waals surface area contributed by atoms with Crippen molar-refractivity contribution < 1.29 is 26.0 Å². The third-order valence-electron chi connectivity index (χ3n) is 4.12. The van der Waals surface area contributed by atoms with E-state index >= 15 is 0 Å². The van der Waals surface area contributed by atoms with Gasteiger partial charge in [-0.15, -0.1) is 0 Å². The van der Waals surface area contributed by atoms with Crippen LogP contribution in [0.4, 0.5) is 23.2 Å². The van der Waals surface area contributed by atoms with Crippen molar-refractivity contribution in [1.82, 2.24) is 0 Å². The highest BCUT2D eigenvalue weighted by molar-refractivity contribution is 7.92. The Balaban J connectivity index is 2.13. The molecule has 0 spiro atoms. The quantitative estimate of drug-likeness (QED) is 0.756. The molecule has 0 aromatic heterocycles. The SMILES string of the molecule is Cc1ccc(S(=O)(=O)N2c3c(F)cccc3CC2CC(F)(F)F)cc1. The summed E-state index contributed by atoms with van der Waals surface area (Å²) in [5.41, 5.74) is 0.765. The van der Waals surface area contributed by atoms with Gasteiger partial charge in [-0.2, -0.15) is 13.2 Å². The summed E-state index contributed by atoms with van der Waals surface area (Å²) < 4.78 is 79.6. The van der Waals surface area contributed by atoms with E-state index in [9.17, 15) is 26.0 Å². The van der Waals surface area contributed by atoms with Gasteiger partial charge in [-0.05, 0) is 37.1 Å². The molecule has 134 valence electrons. The van der Waals surface area contributed by atoms with Gasteiger partial charge in [-0.3, -0.25) is 4.31 Å². The van der Waals surface area contributed by atoms with Crippen LogP contribution in [0.15, 0.2) is 47.4 Å². The van der Waals surface area contributed by atoms with Gasteiger partial charge in [-0.25, -0.2) is 12.8 Å². The zero-order valence-electron chi connectivity index (χ0n) is 13.2. The molecule has 1 aliphatic heterocycles. The summed E-state index contributed by atoms with van der Waals surface area (Å²) in [5, 5.41) is 0. The molecule has 8 heteroatoms. The van der Waals surface area contributed by atoms with E-state index in [1.165, 1.54) is 24.3 Å². The second-order valence-corrected chi connectivity index (χ2v) is 7.85. The van der Waals surface area contributed by atoms with E-state index in [4.69, 9.17) is 0 Å². The fraction of sp³-hybridized carbons (Fsp3) is 0.294. The maximum Gasteiger partial charge on any atom is 0.391 e. The number of nitrogens with zero attached hydrogens (tertiary/aromatic N) is 1. The predicted molar refractivity (Wildman–Crippen MR) is 85.4 cm³/mol. The minimum absolute atomic E-state index is 0.165. The van der Waals surface area contributed by atoms with E-state index in [1.54, 1.807) is 19.1 Å². The largest absolute Gasteiger partial charge is 0.391 e. The van der Waals surface area contributed by atoms with Crippen molar-refractivity contribution in [1.29, 1.82) is 0 Å². The third-order valence-corrected chi connectivity index (χ3v) is 5.99. The van der Waals surface area contributed by atoms with Crippen LogP contribution >= 0.6 is 0 Å². The molecular weight excluding hydrogens is 358 g/mol. The van der Waals surface area contributed by atoms with Crippen LogP contribution in [0.1, 0.15) is 17.5 Å². The van der Waals surface area contributed by atoms with Gasteiger partial charge in [0.2, 0.25) is 0 Å². The summed E-state index contributed by atoms with van der Waals surface area (Å²) in [4.78, 5) is -0.165. The van der Waals surface area contributed by atoms with Crippen LogP contribution in [-0.2, 0) is 16.4 Å². The Bertz CT molecular complexity index is 892. The molecule has 1 atom stereocenters. The Hall–Kier alpha value is -2.09. The number of rotatable bonds is 3. The van der Waals surface area contributed by atoms with Crippen molar-refractivity contribution in [3.05, 3.63) is 59.4 Å². The Labute approximate surface area is 142 Å². The number of benzene rings is 2. The summed E-state index contributed by atoms with van der Waals surface area (Å²) in [5.74, 6) is -0.849. The van der Waals surface area contributed by atoms with Crippen LogP contribution in [-0.4, -0.2) is 20.6 Å². The second kappa shape index (κ2) is 6.01. The molecule has 0 saturated heterocycles. The summed E-state index contributed by atoms with van der Waals surface area (Å²) in [6.45, 7) is 1.76. The molecule has 3 nitrogen and oxygen atoms in total. The number of hydrogen-bond acceptors (Lipinski definition) is 2. The van der Waals surface area contributed by atoms with Crippen LogP contribution in [0.25, 0.3) is 0 Å². The number of anilines is 1. The van der Waals surface area contributed by atoms with Gasteiger partial charge in [0.15, 0.2) is 0 Å². The first-order chi connectivity index (χ1) is 11.6. The highest BCUT2D eigenvalue weighted by Crippen LogP contribution is 2.42. The van der Waals surface area contributed by atoms with Crippen LogP contribution in [0, 0.1) is 12.7 Å². The fourth-order valence-electron chi connectivity index (χ4n) is 3.05. The maximum absolute atomic E-state index is 14.3. The first kappa shape index (κ1) is 17.7. The van der Waals surface area contributed by atoms with Crippen LogP contribution in [0.5, 0.6) is 0 Å². The number of aryl methyl sites for hydroxylation is 1. The molecule has 1 aliphatic rings. The highest BCUT2D eigenvalue weighted by Gasteiger charge is 2.45. The maximum atomic E-state index is 14.3. The average molecular weight is 373 g/mol. The van der Waals surface area contributed by atoms with E-state index in [0.29, 0.717) is 4.31 Å². The fourth-order valence-corrected chi connectivity index (χ4v) is 4.75. The third kappa shape index (κ3) is 3.35. The van der Waals surface area contributed by atoms with Crippen molar-refractivity contribution >= 4 is 15.7 Å². The molecule has 0 amide bonds. The lowest BCUT2D eigenvalue weighted by Gasteiger charge is -2.28. The molecule has 0 radical (unpaired) electrons. The van der Waals surface area contributed by atoms with Gasteiger partial charge in [0.05, 0.1) is 23.0 Å². The van der Waals surface area contributed by atoms with E-state index < -0.39 is 34.5 Å². The molecule has 2 aromatic carbocycles. The lowest BCUT2D eigenvalue weighted by molar-refractivity contribution is -0.137. The Morgan fingerprint density at radius 2 is 1.76 bits per heavy atom. The van der Waals surface area contributed by atoms with E-state index in [2.05, 4.69) is 0 Å². The molecule has 0 N–H and O–H groups in total. The zero-order chi connectivity index (χ0) is 18.4. The van der Waals surface area contributed by atoms with Gasteiger partial charge < -0.3 is 0 Å². The lowest BCUT2D eigenvalue weighted by Crippen LogP contribution is -2.40. The van der Waals surface area contributed by atoms with Crippen molar-refractivity contribution in [3.8, 4) is 0 Å². The number of para-hydroxylation sites is 1. The van der Waals surface area contributed by atoms with Crippen LogP contribution in [0.3, 0.4) is 0 Å². The average Bonchev–Trinajstić information content (AvgIpc) is 2.85. The normalized spacial score (nSPS) is 17.6. The Morgan fingerprint density at radius 3 is 2.36 bits per heavy atom. The van der Waals surface area contributed by atoms with Crippen molar-refractivity contribution in [2.75, 3.05) is 4.31 Å². The molecule has 25 heavy (non-hydrogen) atoms. The predicted octanol–water partition coefficient (Wildman–Crippen LogP) is 4.21. The van der Waals surface area contributed by atoms with Gasteiger partial charge >= 0.3 is 6.18 Å². The minimum atomic E-state index is -4.57. The summed E-state index contributed by atoms with van der Waals surface area (Å²) in [7, 11) is -4.32. The molecule has 2 aromatic rings. The topological polar surface area (TPSA) is 37.4 Å². The van der Waals surface area contributed by atoms with Gasteiger partial charge in [0.1, 0.15) is 5.82 Å². The Morgan fingerprint density at radius 1 is 1.12 bits per heavy atom. The summed E-state index contributed by atoms with van der Waals surface area (Å²) in [6, 6.07) is 8.17. The van der Waals surface area contributed by atoms with E-state index in [1.807, 2.05) is 0 Å².